The Morgan fingerprint density at radius 1 is 0.234 bits per heavy atom. The van der Waals surface area contributed by atoms with Gasteiger partial charge in [0.25, 0.3) is 0 Å². The maximum atomic E-state index is 6.07. The van der Waals surface area contributed by atoms with Crippen molar-refractivity contribution in [2.24, 2.45) is 0 Å². The van der Waals surface area contributed by atoms with Crippen LogP contribution in [0.1, 0.15) is 126 Å². The van der Waals surface area contributed by atoms with Gasteiger partial charge >= 0.3 is 0 Å². The predicted octanol–water partition coefficient (Wildman–Crippen LogP) is 37.7. The molecule has 0 spiro atoms. The first-order valence-electron chi connectivity index (χ1n) is 47.9. The minimum atomic E-state index is 0.151. The third-order valence-corrected chi connectivity index (χ3v) is 27.7. The van der Waals surface area contributed by atoms with E-state index in [1.54, 1.807) is 0 Å². The molecule has 0 unspecified atom stereocenters. The third kappa shape index (κ3) is 20.7. The summed E-state index contributed by atoms with van der Waals surface area (Å²) in [7, 11) is 0. The van der Waals surface area contributed by atoms with Crippen LogP contribution in [0.3, 0.4) is 0 Å². The zero-order valence-electron chi connectivity index (χ0n) is 81.9. The second-order valence-corrected chi connectivity index (χ2v) is 39.6. The summed E-state index contributed by atoms with van der Waals surface area (Å²) in [6.07, 6.45) is 0. The normalized spacial score (nSPS) is 12.1. The van der Waals surface area contributed by atoms with Crippen molar-refractivity contribution in [3.8, 4) is 55.9 Å². The lowest BCUT2D eigenvalue weighted by Crippen LogP contribution is -2.14. The van der Waals surface area contributed by atoms with Gasteiger partial charge in [0.15, 0.2) is 0 Å². The molecule has 4 heteroatoms. The van der Waals surface area contributed by atoms with Gasteiger partial charge in [0.05, 0.1) is 22.1 Å². The zero-order chi connectivity index (χ0) is 95.5. The van der Waals surface area contributed by atoms with Crippen molar-refractivity contribution >= 4 is 97.1 Å². The predicted molar refractivity (Wildman–Crippen MR) is 594 cm³/mol. The molecule has 0 amide bonds. The zero-order valence-corrected chi connectivity index (χ0v) is 82.8. The van der Waals surface area contributed by atoms with E-state index in [2.05, 4.69) is 532 Å². The molecule has 0 N–H and O–H groups in total. The highest BCUT2D eigenvalue weighted by Crippen LogP contribution is 2.51. The number of hydrogen-bond donors (Lipinski definition) is 0. The molecule has 19 aromatic carbocycles. The summed E-state index contributed by atoms with van der Waals surface area (Å²) in [5.74, 6) is 0. The highest BCUT2D eigenvalue weighted by Gasteiger charge is 2.37. The van der Waals surface area contributed by atoms with Crippen molar-refractivity contribution in [1.29, 1.82) is 0 Å². The Morgan fingerprint density at radius 2 is 0.628 bits per heavy atom. The Kier molecular flexibility index (Phi) is 28.2. The van der Waals surface area contributed by atoms with Crippen LogP contribution in [0, 0.1) is 62.3 Å². The van der Waals surface area contributed by atoms with Crippen LogP contribution in [0.5, 0.6) is 0 Å². The van der Waals surface area contributed by atoms with Gasteiger partial charge in [-0.3, -0.25) is 0 Å². The van der Waals surface area contributed by atoms with Crippen LogP contribution in [-0.2, 0) is 16.2 Å². The van der Waals surface area contributed by atoms with E-state index in [0.29, 0.717) is 0 Å². The van der Waals surface area contributed by atoms with Crippen LogP contribution in [0.2, 0.25) is 0 Å². The molecule has 23 aromatic rings. The van der Waals surface area contributed by atoms with Crippen LogP contribution >= 0.6 is 11.3 Å². The molecule has 0 radical (unpaired) electrons. The lowest BCUT2D eigenvalue weighted by atomic mass is 9.82. The molecule has 0 saturated carbocycles. The standard InChI is InChI=1S/2C19H15N.C19H14O.2C16H16.C13H10S.C13H12.C11H16.C7H8/c1-14-10-12-15(13-11-14)20-18-8-4-2-6-16(18)17-7-3-5-9-19(17)20;1-14-11-12-19-17(13-14)16-9-5-6-10-18(16)20(19)15-7-3-2-4-8-15;1-13-9-11-14(12-10-13)15-6-4-7-17-16-5-2-3-8-18(16)20-19(15)17;1-11-7-6-10-14-15(11)12-8-4-5-9-13(12)16(14,2)3;1-11-8-9-13-12-6-4-5-7-14(12)16(2,3)15(13)10-11;1-9-6-7-11-10-4-2-3-5-12(10)14-13(11)8-9;1-11-6-5-9-13(10-11)12-7-3-2-4-8-12;1-9-5-7-10(8-6-9)11(2,3)4;1-7-5-3-2-4-6-7/h2*2-13H,1H3;2-12H,1H3;2*4-10H,1-3H3;2-8H,1H3;2-10H,1H3;5-8H,1-4H3;2-6H,1H3. The average Bonchev–Trinajstić information content (AvgIpc) is 1.62. The van der Waals surface area contributed by atoms with E-state index < -0.39 is 0 Å². The van der Waals surface area contributed by atoms with Gasteiger partial charge in [-0.15, -0.1) is 11.3 Å². The fraction of sp³-hybridized carbons (Fsp3) is 0.143. The van der Waals surface area contributed by atoms with E-state index in [4.69, 9.17) is 4.42 Å². The Bertz CT molecular complexity index is 8050. The van der Waals surface area contributed by atoms with E-state index in [9.17, 15) is 0 Å². The van der Waals surface area contributed by atoms with Crippen LogP contribution in [0.25, 0.3) is 142 Å². The third-order valence-electron chi connectivity index (χ3n) is 26.6. The second-order valence-electron chi connectivity index (χ2n) is 38.6. The fourth-order valence-corrected chi connectivity index (χ4v) is 20.4. The number of nitrogens with zero attached hydrogens (tertiary/aromatic N) is 2. The van der Waals surface area contributed by atoms with E-state index in [-0.39, 0.29) is 16.2 Å². The maximum Gasteiger partial charge on any atom is 0.143 e. The van der Waals surface area contributed by atoms with Gasteiger partial charge in [-0.1, -0.05) is 464 Å². The Labute approximate surface area is 814 Å². The smallest absolute Gasteiger partial charge is 0.143 e. The molecule has 0 fully saturated rings. The monoisotopic (exact) mass is 1790 g/mol. The summed E-state index contributed by atoms with van der Waals surface area (Å²) < 4.78 is 13.5. The lowest BCUT2D eigenvalue weighted by molar-refractivity contribution is 0.590. The molecule has 0 saturated heterocycles. The number of rotatable bonds is 4. The molecule has 4 aromatic heterocycles. The minimum absolute atomic E-state index is 0.151. The highest BCUT2D eigenvalue weighted by molar-refractivity contribution is 7.25. The van der Waals surface area contributed by atoms with Crippen LogP contribution < -0.4 is 0 Å². The molecule has 676 valence electrons. The molecule has 2 aliphatic carbocycles. The number of fused-ring (bicyclic) bond motifs is 18. The molecule has 0 aliphatic heterocycles. The first-order chi connectivity index (χ1) is 66.3. The summed E-state index contributed by atoms with van der Waals surface area (Å²) >= 11 is 1.88. The molecule has 4 heterocycles. The van der Waals surface area contributed by atoms with Crippen LogP contribution in [-0.4, -0.2) is 9.13 Å². The molecule has 137 heavy (non-hydrogen) atoms. The van der Waals surface area contributed by atoms with Crippen LogP contribution in [0.15, 0.2) is 453 Å². The van der Waals surface area contributed by atoms with Gasteiger partial charge in [-0.2, -0.15) is 0 Å². The number of para-hydroxylation sites is 6. The van der Waals surface area contributed by atoms with Gasteiger partial charge < -0.3 is 13.6 Å². The van der Waals surface area contributed by atoms with E-state index in [0.717, 1.165) is 16.7 Å². The Hall–Kier alpha value is -15.2. The van der Waals surface area contributed by atoms with E-state index in [1.807, 2.05) is 47.7 Å². The molecular weight excluding hydrogens is 1670 g/mol. The fourth-order valence-electron chi connectivity index (χ4n) is 19.2. The molecular formula is C133H122N2OS. The van der Waals surface area contributed by atoms with Crippen molar-refractivity contribution in [2.75, 3.05) is 0 Å². The number of thiophene rings is 1. The highest BCUT2D eigenvalue weighted by atomic mass is 32.1. The minimum Gasteiger partial charge on any atom is -0.455 e. The van der Waals surface area contributed by atoms with Gasteiger partial charge in [-0.25, -0.2) is 0 Å². The van der Waals surface area contributed by atoms with Crippen molar-refractivity contribution in [1.82, 2.24) is 9.13 Å². The van der Waals surface area contributed by atoms with Crippen LogP contribution in [0.4, 0.5) is 0 Å². The molecule has 3 nitrogen and oxygen atoms in total. The Morgan fingerprint density at radius 3 is 1.24 bits per heavy atom. The van der Waals surface area contributed by atoms with Gasteiger partial charge in [0.1, 0.15) is 11.2 Å². The van der Waals surface area contributed by atoms with Gasteiger partial charge in [0, 0.05) is 80.3 Å². The van der Waals surface area contributed by atoms with Gasteiger partial charge in [-0.05, 0) is 218 Å². The summed E-state index contributed by atoms with van der Waals surface area (Å²) in [5.41, 5.74) is 39.7. The summed E-state index contributed by atoms with van der Waals surface area (Å²) in [6, 6.07) is 159. The van der Waals surface area contributed by atoms with Crippen molar-refractivity contribution in [2.45, 2.75) is 127 Å². The number of furan rings is 1. The molecule has 2 aliphatic rings. The Balaban J connectivity index is 0.000000108. The first kappa shape index (κ1) is 93.6. The average molecular weight is 1800 g/mol. The molecule has 0 atom stereocenters. The largest absolute Gasteiger partial charge is 0.455 e. The SMILES string of the molecule is Cc1ccc(-c2cccc3c2oc2ccccc23)cc1.Cc1ccc(-n2c3ccccc3c3ccccc32)cc1.Cc1ccc(C(C)(C)C)cc1.Cc1ccc2c(c1)C(C)(C)c1ccccc1-2.Cc1ccc2c(c1)c1ccccc1n2-c1ccccc1.Cc1ccc2c(c1)sc1ccccc12.Cc1cccc(-c2ccccc2)c1.Cc1cccc2c1-c1ccccc1C2(C)C.Cc1ccccc1. The lowest BCUT2D eigenvalue weighted by Gasteiger charge is -2.21. The van der Waals surface area contributed by atoms with E-state index >= 15 is 0 Å². The maximum absolute atomic E-state index is 6.07. The topological polar surface area (TPSA) is 23.0 Å². The molecule has 0 bridgehead atoms. The molecule has 25 rings (SSSR count). The number of aromatic nitrogens is 2. The second kappa shape index (κ2) is 41.3. The van der Waals surface area contributed by atoms with Gasteiger partial charge in [0.2, 0.25) is 0 Å². The number of hydrogen-bond acceptors (Lipinski definition) is 2. The van der Waals surface area contributed by atoms with Crippen molar-refractivity contribution in [3.63, 3.8) is 0 Å². The number of aryl methyl sites for hydroxylation is 9. The quantitative estimate of drug-likeness (QED) is 0.172. The number of benzene rings is 19. The van der Waals surface area contributed by atoms with E-state index in [1.165, 1.54) is 203 Å². The van der Waals surface area contributed by atoms with Crippen molar-refractivity contribution in [3.05, 3.63) is 527 Å². The summed E-state index contributed by atoms with van der Waals surface area (Å²) in [6.45, 7) is 35.2. The summed E-state index contributed by atoms with van der Waals surface area (Å²) in [4.78, 5) is 0. The first-order valence-corrected chi connectivity index (χ1v) is 48.7. The van der Waals surface area contributed by atoms with Crippen molar-refractivity contribution < 1.29 is 4.42 Å². The summed E-state index contributed by atoms with van der Waals surface area (Å²) in [5, 5.41) is 10.4.